The summed E-state index contributed by atoms with van der Waals surface area (Å²) in [6.45, 7) is 10.8. The molecule has 1 N–H and O–H groups in total. The topological polar surface area (TPSA) is 52.7 Å². The van der Waals surface area contributed by atoms with Gasteiger partial charge >= 0.3 is 6.03 Å². The number of para-hydroxylation sites is 1. The zero-order valence-corrected chi connectivity index (χ0v) is 13.8. The van der Waals surface area contributed by atoms with Gasteiger partial charge in [-0.25, -0.2) is 4.79 Å². The molecule has 2 rings (SSSR count). The van der Waals surface area contributed by atoms with Crippen molar-refractivity contribution in [1.82, 2.24) is 9.80 Å². The Morgan fingerprint density at radius 3 is 2.36 bits per heavy atom. The average molecular weight is 303 g/mol. The molecule has 22 heavy (non-hydrogen) atoms. The summed E-state index contributed by atoms with van der Waals surface area (Å²) < 4.78 is 0. The van der Waals surface area contributed by atoms with Gasteiger partial charge in [0.05, 0.1) is 0 Å². The molecular weight excluding hydrogens is 278 g/mol. The molecule has 1 saturated heterocycles. The molecule has 5 heteroatoms. The first-order chi connectivity index (χ1) is 10.3. The van der Waals surface area contributed by atoms with Crippen molar-refractivity contribution in [2.24, 2.45) is 0 Å². The number of aryl methyl sites for hydroxylation is 1. The summed E-state index contributed by atoms with van der Waals surface area (Å²) in [6, 6.07) is 6.00. The van der Waals surface area contributed by atoms with Crippen LogP contribution in [0.25, 0.3) is 0 Å². The van der Waals surface area contributed by atoms with Gasteiger partial charge in [0.2, 0.25) is 6.41 Å². The second-order valence-corrected chi connectivity index (χ2v) is 6.81. The molecule has 0 spiro atoms. The summed E-state index contributed by atoms with van der Waals surface area (Å²) >= 11 is 0. The van der Waals surface area contributed by atoms with E-state index in [2.05, 4.69) is 32.2 Å². The van der Waals surface area contributed by atoms with Crippen LogP contribution in [-0.2, 0) is 10.2 Å². The first kappa shape index (κ1) is 16.3. The monoisotopic (exact) mass is 303 g/mol. The van der Waals surface area contributed by atoms with Gasteiger partial charge in [-0.15, -0.1) is 0 Å². The van der Waals surface area contributed by atoms with Crippen LogP contribution in [0.3, 0.4) is 0 Å². The summed E-state index contributed by atoms with van der Waals surface area (Å²) in [5.74, 6) is 0. The number of nitrogens with one attached hydrogen (secondary N) is 1. The lowest BCUT2D eigenvalue weighted by Crippen LogP contribution is -2.49. The molecule has 1 aliphatic rings. The predicted molar refractivity (Wildman–Crippen MR) is 88.1 cm³/mol. The summed E-state index contributed by atoms with van der Waals surface area (Å²) in [5, 5.41) is 3.07. The van der Waals surface area contributed by atoms with Gasteiger partial charge in [-0.3, -0.25) is 4.79 Å². The van der Waals surface area contributed by atoms with E-state index in [1.54, 1.807) is 9.80 Å². The third-order valence-electron chi connectivity index (χ3n) is 4.06. The molecule has 1 aromatic rings. The highest BCUT2D eigenvalue weighted by atomic mass is 16.2. The van der Waals surface area contributed by atoms with Gasteiger partial charge in [0.25, 0.3) is 0 Å². The first-order valence-electron chi connectivity index (χ1n) is 7.68. The van der Waals surface area contributed by atoms with Gasteiger partial charge in [-0.2, -0.15) is 0 Å². The lowest BCUT2D eigenvalue weighted by molar-refractivity contribution is -0.119. The smallest absolute Gasteiger partial charge is 0.321 e. The van der Waals surface area contributed by atoms with Crippen molar-refractivity contribution in [2.75, 3.05) is 31.5 Å². The van der Waals surface area contributed by atoms with E-state index in [1.165, 1.54) is 0 Å². The summed E-state index contributed by atoms with van der Waals surface area (Å²) in [7, 11) is 0. The largest absolute Gasteiger partial charge is 0.342 e. The zero-order valence-electron chi connectivity index (χ0n) is 13.8. The Morgan fingerprint density at radius 2 is 1.82 bits per heavy atom. The molecule has 1 heterocycles. The first-order valence-corrected chi connectivity index (χ1v) is 7.68. The third kappa shape index (κ3) is 3.59. The fourth-order valence-electron chi connectivity index (χ4n) is 2.68. The van der Waals surface area contributed by atoms with Gasteiger partial charge in [-0.05, 0) is 23.5 Å². The Labute approximate surface area is 132 Å². The van der Waals surface area contributed by atoms with Gasteiger partial charge < -0.3 is 15.1 Å². The summed E-state index contributed by atoms with van der Waals surface area (Å²) in [5.41, 5.74) is 3.06. The SMILES string of the molecule is Cc1cccc(C(C)(C)C)c1NC(=O)N1CCN(C=O)CC1. The molecule has 0 bridgehead atoms. The van der Waals surface area contributed by atoms with E-state index in [4.69, 9.17) is 0 Å². The number of hydrogen-bond acceptors (Lipinski definition) is 2. The van der Waals surface area contributed by atoms with Crippen LogP contribution >= 0.6 is 0 Å². The van der Waals surface area contributed by atoms with Crippen LogP contribution in [0.15, 0.2) is 18.2 Å². The van der Waals surface area contributed by atoms with Crippen molar-refractivity contribution >= 4 is 18.1 Å². The van der Waals surface area contributed by atoms with E-state index in [-0.39, 0.29) is 11.4 Å². The number of amides is 3. The lowest BCUT2D eigenvalue weighted by atomic mass is 9.84. The maximum Gasteiger partial charge on any atom is 0.321 e. The highest BCUT2D eigenvalue weighted by Gasteiger charge is 2.24. The molecular formula is C17H25N3O2. The fraction of sp³-hybridized carbons (Fsp3) is 0.529. The lowest BCUT2D eigenvalue weighted by Gasteiger charge is -2.33. The van der Waals surface area contributed by atoms with Gasteiger partial charge in [-0.1, -0.05) is 39.0 Å². The summed E-state index contributed by atoms with van der Waals surface area (Å²) in [6.07, 6.45) is 0.842. The fourth-order valence-corrected chi connectivity index (χ4v) is 2.68. The molecule has 1 fully saturated rings. The second-order valence-electron chi connectivity index (χ2n) is 6.81. The molecule has 0 aromatic heterocycles. The minimum atomic E-state index is -0.0923. The third-order valence-corrected chi connectivity index (χ3v) is 4.06. The molecule has 0 radical (unpaired) electrons. The van der Waals surface area contributed by atoms with Crippen molar-refractivity contribution in [3.8, 4) is 0 Å². The highest BCUT2D eigenvalue weighted by Crippen LogP contribution is 2.32. The Kier molecular flexibility index (Phi) is 4.74. The van der Waals surface area contributed by atoms with Crippen molar-refractivity contribution < 1.29 is 9.59 Å². The van der Waals surface area contributed by atoms with Crippen LogP contribution in [0.1, 0.15) is 31.9 Å². The van der Waals surface area contributed by atoms with E-state index in [9.17, 15) is 9.59 Å². The van der Waals surface area contributed by atoms with Crippen molar-refractivity contribution in [2.45, 2.75) is 33.1 Å². The van der Waals surface area contributed by atoms with Crippen molar-refractivity contribution in [3.63, 3.8) is 0 Å². The number of hydrogen-bond donors (Lipinski definition) is 1. The normalized spacial score (nSPS) is 15.6. The summed E-state index contributed by atoms with van der Waals surface area (Å²) in [4.78, 5) is 26.7. The van der Waals surface area contributed by atoms with Crippen LogP contribution in [-0.4, -0.2) is 48.4 Å². The second kappa shape index (κ2) is 6.38. The number of carbonyl (C=O) groups is 2. The molecule has 120 valence electrons. The number of rotatable bonds is 2. The van der Waals surface area contributed by atoms with Crippen LogP contribution < -0.4 is 5.32 Å². The standard InChI is InChI=1S/C17H25N3O2/c1-13-6-5-7-14(17(2,3)4)15(13)18-16(22)20-10-8-19(12-21)9-11-20/h5-7,12H,8-11H2,1-4H3,(H,18,22). The Bertz CT molecular complexity index is 556. The molecule has 0 aliphatic carbocycles. The maximum absolute atomic E-state index is 12.5. The van der Waals surface area contributed by atoms with Crippen LogP contribution in [0.5, 0.6) is 0 Å². The zero-order chi connectivity index (χ0) is 16.3. The van der Waals surface area contributed by atoms with Crippen molar-refractivity contribution in [3.05, 3.63) is 29.3 Å². The predicted octanol–water partition coefficient (Wildman–Crippen LogP) is 2.60. The molecule has 1 aliphatic heterocycles. The van der Waals surface area contributed by atoms with Crippen LogP contribution in [0.4, 0.5) is 10.5 Å². The maximum atomic E-state index is 12.5. The molecule has 0 unspecified atom stereocenters. The Hall–Kier alpha value is -2.04. The minimum Gasteiger partial charge on any atom is -0.342 e. The quantitative estimate of drug-likeness (QED) is 0.854. The van der Waals surface area contributed by atoms with Gasteiger partial charge in [0, 0.05) is 31.9 Å². The van der Waals surface area contributed by atoms with Crippen LogP contribution in [0, 0.1) is 6.92 Å². The number of piperazine rings is 1. The molecule has 3 amide bonds. The molecule has 0 atom stereocenters. The van der Waals surface area contributed by atoms with Gasteiger partial charge in [0.1, 0.15) is 0 Å². The average Bonchev–Trinajstić information content (AvgIpc) is 2.48. The number of carbonyl (C=O) groups excluding carboxylic acids is 2. The minimum absolute atomic E-state index is 0.0369. The number of urea groups is 1. The number of anilines is 1. The molecule has 5 nitrogen and oxygen atoms in total. The van der Waals surface area contributed by atoms with Crippen molar-refractivity contribution in [1.29, 1.82) is 0 Å². The Balaban J connectivity index is 2.14. The number of benzene rings is 1. The highest BCUT2D eigenvalue weighted by molar-refractivity contribution is 5.91. The Morgan fingerprint density at radius 1 is 1.18 bits per heavy atom. The molecule has 0 saturated carbocycles. The van der Waals surface area contributed by atoms with E-state index in [0.717, 1.165) is 23.2 Å². The van der Waals surface area contributed by atoms with E-state index in [0.29, 0.717) is 26.2 Å². The van der Waals surface area contributed by atoms with E-state index >= 15 is 0 Å². The van der Waals surface area contributed by atoms with E-state index < -0.39 is 0 Å². The van der Waals surface area contributed by atoms with E-state index in [1.807, 2.05) is 19.1 Å². The van der Waals surface area contributed by atoms with Gasteiger partial charge in [0.15, 0.2) is 0 Å². The number of nitrogens with zero attached hydrogens (tertiary/aromatic N) is 2. The molecule has 1 aromatic carbocycles. The van der Waals surface area contributed by atoms with Crippen LogP contribution in [0.2, 0.25) is 0 Å².